The maximum Gasteiger partial charge on any atom is 0.175 e. The molecule has 1 N–H and O–H groups in total. The zero-order chi connectivity index (χ0) is 18.4. The second kappa shape index (κ2) is 9.67. The lowest BCUT2D eigenvalue weighted by atomic mass is 10.1. The lowest BCUT2D eigenvalue weighted by Crippen LogP contribution is -2.24. The van der Waals surface area contributed by atoms with E-state index in [1.54, 1.807) is 19.2 Å². The molecule has 0 saturated heterocycles. The van der Waals surface area contributed by atoms with Gasteiger partial charge in [-0.15, -0.1) is 0 Å². The monoisotopic (exact) mass is 445 g/mol. The molecular formula is C19H22BrCl2NO2. The normalized spacial score (nSPS) is 12.1. The van der Waals surface area contributed by atoms with Crippen LogP contribution in [0.3, 0.4) is 0 Å². The number of rotatable bonds is 8. The van der Waals surface area contributed by atoms with Crippen LogP contribution < -0.4 is 14.8 Å². The van der Waals surface area contributed by atoms with Gasteiger partial charge in [0.1, 0.15) is 6.61 Å². The van der Waals surface area contributed by atoms with Gasteiger partial charge in [-0.1, -0.05) is 36.2 Å². The van der Waals surface area contributed by atoms with Crippen molar-refractivity contribution in [2.45, 2.75) is 39.5 Å². The quantitative estimate of drug-likeness (QED) is 0.521. The van der Waals surface area contributed by atoms with Gasteiger partial charge in [-0.05, 0) is 59.1 Å². The van der Waals surface area contributed by atoms with E-state index in [-0.39, 0.29) is 6.61 Å². The number of nitrogens with one attached hydrogen (secondary N) is 1. The molecule has 25 heavy (non-hydrogen) atoms. The zero-order valence-corrected chi connectivity index (χ0v) is 17.6. The van der Waals surface area contributed by atoms with Crippen molar-refractivity contribution >= 4 is 39.1 Å². The summed E-state index contributed by atoms with van der Waals surface area (Å²) in [6, 6.07) is 9.86. The van der Waals surface area contributed by atoms with Gasteiger partial charge in [0.05, 0.1) is 11.6 Å². The van der Waals surface area contributed by atoms with E-state index in [2.05, 4.69) is 35.1 Å². The lowest BCUT2D eigenvalue weighted by Gasteiger charge is -2.17. The molecule has 0 aromatic heterocycles. The second-order valence-corrected chi connectivity index (χ2v) is 7.46. The molecule has 136 valence electrons. The molecule has 0 unspecified atom stereocenters. The molecule has 0 amide bonds. The SMILES string of the molecule is CC[C@@H](C)NCc1cc(Br)c(OCc2c(Cl)cccc2Cl)c(OC)c1. The fourth-order valence-corrected chi connectivity index (χ4v) is 3.38. The van der Waals surface area contributed by atoms with Crippen LogP contribution in [-0.2, 0) is 13.2 Å². The van der Waals surface area contributed by atoms with Crippen LogP contribution in [0.15, 0.2) is 34.8 Å². The number of hydrogen-bond acceptors (Lipinski definition) is 3. The van der Waals surface area contributed by atoms with Gasteiger partial charge in [-0.25, -0.2) is 0 Å². The minimum Gasteiger partial charge on any atom is -0.493 e. The van der Waals surface area contributed by atoms with Crippen LogP contribution in [0, 0.1) is 0 Å². The van der Waals surface area contributed by atoms with E-state index in [0.717, 1.165) is 28.6 Å². The first-order valence-electron chi connectivity index (χ1n) is 8.11. The minimum absolute atomic E-state index is 0.262. The maximum atomic E-state index is 6.20. The summed E-state index contributed by atoms with van der Waals surface area (Å²) in [4.78, 5) is 0. The van der Waals surface area contributed by atoms with Crippen molar-refractivity contribution in [3.05, 3.63) is 56.0 Å². The smallest absolute Gasteiger partial charge is 0.175 e. The van der Waals surface area contributed by atoms with E-state index in [9.17, 15) is 0 Å². The summed E-state index contributed by atoms with van der Waals surface area (Å²) in [6.45, 7) is 5.35. The molecule has 2 aromatic rings. The lowest BCUT2D eigenvalue weighted by molar-refractivity contribution is 0.282. The number of hydrogen-bond donors (Lipinski definition) is 1. The van der Waals surface area contributed by atoms with Crippen LogP contribution in [-0.4, -0.2) is 13.2 Å². The standard InChI is InChI=1S/C19H22BrCl2NO2/c1-4-12(2)23-10-13-8-15(20)19(18(9-13)24-3)25-11-14-16(21)6-5-7-17(14)22/h5-9,12,23H,4,10-11H2,1-3H3/t12-/m1/s1. The van der Waals surface area contributed by atoms with Crippen molar-refractivity contribution in [2.24, 2.45) is 0 Å². The third kappa shape index (κ3) is 5.52. The van der Waals surface area contributed by atoms with Crippen molar-refractivity contribution in [3.8, 4) is 11.5 Å². The Morgan fingerprint density at radius 1 is 1.20 bits per heavy atom. The van der Waals surface area contributed by atoms with Crippen molar-refractivity contribution in [2.75, 3.05) is 7.11 Å². The van der Waals surface area contributed by atoms with Crippen LogP contribution >= 0.6 is 39.1 Å². The van der Waals surface area contributed by atoms with Gasteiger partial charge < -0.3 is 14.8 Å². The van der Waals surface area contributed by atoms with Crippen LogP contribution in [0.25, 0.3) is 0 Å². The first-order valence-corrected chi connectivity index (χ1v) is 9.66. The summed E-state index contributed by atoms with van der Waals surface area (Å²) >= 11 is 16.0. The third-order valence-electron chi connectivity index (χ3n) is 3.98. The van der Waals surface area contributed by atoms with E-state index in [1.807, 2.05) is 18.2 Å². The van der Waals surface area contributed by atoms with Gasteiger partial charge in [-0.2, -0.15) is 0 Å². The highest BCUT2D eigenvalue weighted by Gasteiger charge is 2.14. The molecular weight excluding hydrogens is 425 g/mol. The zero-order valence-electron chi connectivity index (χ0n) is 14.5. The minimum atomic E-state index is 0.262. The Kier molecular flexibility index (Phi) is 7.88. The average Bonchev–Trinajstić information content (AvgIpc) is 2.60. The number of methoxy groups -OCH3 is 1. The third-order valence-corrected chi connectivity index (χ3v) is 5.28. The highest BCUT2D eigenvalue weighted by molar-refractivity contribution is 9.10. The number of ether oxygens (including phenoxy) is 2. The predicted octanol–water partition coefficient (Wildman–Crippen LogP) is 6.23. The summed E-state index contributed by atoms with van der Waals surface area (Å²) in [5.41, 5.74) is 1.87. The van der Waals surface area contributed by atoms with E-state index in [4.69, 9.17) is 32.7 Å². The van der Waals surface area contributed by atoms with E-state index in [0.29, 0.717) is 27.6 Å². The van der Waals surface area contributed by atoms with Crippen molar-refractivity contribution in [1.29, 1.82) is 0 Å². The van der Waals surface area contributed by atoms with Crippen molar-refractivity contribution < 1.29 is 9.47 Å². The first kappa shape index (κ1) is 20.4. The molecule has 1 atom stereocenters. The van der Waals surface area contributed by atoms with Gasteiger partial charge >= 0.3 is 0 Å². The highest BCUT2D eigenvalue weighted by atomic mass is 79.9. The fourth-order valence-electron chi connectivity index (χ4n) is 2.27. The molecule has 2 rings (SSSR count). The molecule has 0 aliphatic carbocycles. The Hall–Kier alpha value is -0.940. The molecule has 0 spiro atoms. The Morgan fingerprint density at radius 2 is 1.88 bits per heavy atom. The summed E-state index contributed by atoms with van der Waals surface area (Å²) in [5.74, 6) is 1.30. The van der Waals surface area contributed by atoms with Crippen molar-refractivity contribution in [3.63, 3.8) is 0 Å². The molecule has 0 fully saturated rings. The van der Waals surface area contributed by atoms with Crippen LogP contribution in [0.5, 0.6) is 11.5 Å². The fraction of sp³-hybridized carbons (Fsp3) is 0.368. The summed E-state index contributed by atoms with van der Waals surface area (Å²) in [6.07, 6.45) is 1.08. The molecule has 0 radical (unpaired) electrons. The van der Waals surface area contributed by atoms with Crippen molar-refractivity contribution in [1.82, 2.24) is 5.32 Å². The highest BCUT2D eigenvalue weighted by Crippen LogP contribution is 2.38. The number of halogens is 3. The van der Waals surface area contributed by atoms with E-state index < -0.39 is 0 Å². The molecule has 0 heterocycles. The summed E-state index contributed by atoms with van der Waals surface area (Å²) in [7, 11) is 1.63. The van der Waals surface area contributed by atoms with Gasteiger partial charge in [0.15, 0.2) is 11.5 Å². The van der Waals surface area contributed by atoms with Gasteiger partial charge in [0, 0.05) is 28.2 Å². The van der Waals surface area contributed by atoms with E-state index in [1.165, 1.54) is 0 Å². The molecule has 2 aromatic carbocycles. The largest absolute Gasteiger partial charge is 0.493 e. The number of benzene rings is 2. The predicted molar refractivity (Wildman–Crippen MR) is 108 cm³/mol. The molecule has 0 aliphatic heterocycles. The second-order valence-electron chi connectivity index (χ2n) is 5.79. The molecule has 0 saturated carbocycles. The molecule has 0 aliphatic rings. The Balaban J connectivity index is 2.17. The van der Waals surface area contributed by atoms with E-state index >= 15 is 0 Å². The molecule has 3 nitrogen and oxygen atoms in total. The van der Waals surface area contributed by atoms with Gasteiger partial charge in [-0.3, -0.25) is 0 Å². The maximum absolute atomic E-state index is 6.20. The molecule has 6 heteroatoms. The Bertz CT molecular complexity index is 705. The Morgan fingerprint density at radius 3 is 2.48 bits per heavy atom. The Labute approximate surface area is 167 Å². The van der Waals surface area contributed by atoms with Crippen LogP contribution in [0.1, 0.15) is 31.4 Å². The molecule has 0 bridgehead atoms. The van der Waals surface area contributed by atoms with Gasteiger partial charge in [0.2, 0.25) is 0 Å². The van der Waals surface area contributed by atoms with Crippen LogP contribution in [0.4, 0.5) is 0 Å². The van der Waals surface area contributed by atoms with Crippen LogP contribution in [0.2, 0.25) is 10.0 Å². The first-order chi connectivity index (χ1) is 12.0. The summed E-state index contributed by atoms with van der Waals surface area (Å²) < 4.78 is 12.3. The average molecular weight is 447 g/mol. The topological polar surface area (TPSA) is 30.5 Å². The van der Waals surface area contributed by atoms with Gasteiger partial charge in [0.25, 0.3) is 0 Å². The summed E-state index contributed by atoms with van der Waals surface area (Å²) in [5, 5.41) is 4.63.